The minimum absolute atomic E-state index is 0.00541. The molecular weight excluding hydrogens is 290 g/mol. The van der Waals surface area contributed by atoms with Crippen LogP contribution in [0, 0.1) is 0 Å². The Hall–Kier alpha value is -2.37. The van der Waals surface area contributed by atoms with E-state index in [1.807, 2.05) is 38.2 Å². The first-order valence-corrected chi connectivity index (χ1v) is 8.05. The Bertz CT molecular complexity index is 604. The first-order chi connectivity index (χ1) is 11.1. The molecule has 2 rings (SSSR count). The van der Waals surface area contributed by atoms with Crippen LogP contribution in [0.2, 0.25) is 0 Å². The highest BCUT2D eigenvalue weighted by molar-refractivity contribution is 5.74. The number of hydrogen-bond donors (Lipinski definition) is 1. The molecule has 1 aromatic heterocycles. The zero-order chi connectivity index (χ0) is 16.8. The van der Waals surface area contributed by atoms with Gasteiger partial charge in [0.05, 0.1) is 11.7 Å². The number of rotatable bonds is 6. The SMILES string of the molecule is CCC(CC)NC(=O)N(C)C(C)c1ccc(-n2cncn2)cc1. The van der Waals surface area contributed by atoms with E-state index >= 15 is 0 Å². The van der Waals surface area contributed by atoms with Crippen LogP contribution >= 0.6 is 0 Å². The molecule has 1 atom stereocenters. The summed E-state index contributed by atoms with van der Waals surface area (Å²) in [6, 6.07) is 8.18. The van der Waals surface area contributed by atoms with Gasteiger partial charge in [-0.3, -0.25) is 0 Å². The minimum Gasteiger partial charge on any atom is -0.335 e. The fourth-order valence-electron chi connectivity index (χ4n) is 2.42. The van der Waals surface area contributed by atoms with Gasteiger partial charge in [0.1, 0.15) is 12.7 Å². The normalized spacial score (nSPS) is 12.2. The Morgan fingerprint density at radius 3 is 2.43 bits per heavy atom. The van der Waals surface area contributed by atoms with Crippen molar-refractivity contribution >= 4 is 6.03 Å². The van der Waals surface area contributed by atoms with Gasteiger partial charge in [0, 0.05) is 13.1 Å². The standard InChI is InChI=1S/C17H25N5O/c1-5-15(6-2)20-17(23)21(4)13(3)14-7-9-16(10-8-14)22-12-18-11-19-22/h7-13,15H,5-6H2,1-4H3,(H,20,23). The summed E-state index contributed by atoms with van der Waals surface area (Å²) < 4.78 is 1.71. The largest absolute Gasteiger partial charge is 0.335 e. The predicted molar refractivity (Wildman–Crippen MR) is 90.4 cm³/mol. The molecule has 0 aliphatic carbocycles. The summed E-state index contributed by atoms with van der Waals surface area (Å²) in [6.45, 7) is 6.19. The molecule has 1 N–H and O–H groups in total. The topological polar surface area (TPSA) is 63.1 Å². The number of carbonyl (C=O) groups is 1. The van der Waals surface area contributed by atoms with Crippen molar-refractivity contribution in [2.24, 2.45) is 0 Å². The lowest BCUT2D eigenvalue weighted by molar-refractivity contribution is 0.189. The molecule has 1 aromatic carbocycles. The van der Waals surface area contributed by atoms with Gasteiger partial charge >= 0.3 is 6.03 Å². The fourth-order valence-corrected chi connectivity index (χ4v) is 2.42. The zero-order valence-corrected chi connectivity index (χ0v) is 14.2. The smallest absolute Gasteiger partial charge is 0.317 e. The molecule has 1 unspecified atom stereocenters. The number of carbonyl (C=O) groups excluding carboxylic acids is 1. The van der Waals surface area contributed by atoms with Gasteiger partial charge in [0.15, 0.2) is 0 Å². The van der Waals surface area contributed by atoms with Gasteiger partial charge in [-0.2, -0.15) is 5.10 Å². The summed E-state index contributed by atoms with van der Waals surface area (Å²) in [7, 11) is 1.83. The molecule has 0 fully saturated rings. The molecule has 0 radical (unpaired) electrons. The lowest BCUT2D eigenvalue weighted by Crippen LogP contribution is -2.43. The van der Waals surface area contributed by atoms with Crippen molar-refractivity contribution in [3.8, 4) is 5.69 Å². The van der Waals surface area contributed by atoms with Crippen molar-refractivity contribution in [2.75, 3.05) is 7.05 Å². The van der Waals surface area contributed by atoms with Gasteiger partial charge in [-0.05, 0) is 37.5 Å². The third kappa shape index (κ3) is 4.09. The quantitative estimate of drug-likeness (QED) is 0.890. The molecule has 124 valence electrons. The Kier molecular flexibility index (Phi) is 5.73. The molecular formula is C17H25N5O. The molecule has 0 saturated heterocycles. The monoisotopic (exact) mass is 315 g/mol. The van der Waals surface area contributed by atoms with E-state index in [1.54, 1.807) is 15.9 Å². The number of benzene rings is 1. The van der Waals surface area contributed by atoms with Crippen LogP contribution < -0.4 is 5.32 Å². The van der Waals surface area contributed by atoms with Gasteiger partial charge in [-0.1, -0.05) is 26.0 Å². The highest BCUT2D eigenvalue weighted by Gasteiger charge is 2.19. The van der Waals surface area contributed by atoms with Crippen LogP contribution in [0.15, 0.2) is 36.9 Å². The van der Waals surface area contributed by atoms with Gasteiger partial charge in [0.25, 0.3) is 0 Å². The molecule has 2 aromatic rings. The van der Waals surface area contributed by atoms with Crippen molar-refractivity contribution < 1.29 is 4.79 Å². The zero-order valence-electron chi connectivity index (χ0n) is 14.2. The maximum absolute atomic E-state index is 12.3. The van der Waals surface area contributed by atoms with Crippen molar-refractivity contribution in [1.82, 2.24) is 25.0 Å². The second-order valence-corrected chi connectivity index (χ2v) is 5.68. The van der Waals surface area contributed by atoms with Crippen LogP contribution in [0.5, 0.6) is 0 Å². The van der Waals surface area contributed by atoms with Crippen LogP contribution in [0.25, 0.3) is 5.69 Å². The second kappa shape index (κ2) is 7.76. The fraction of sp³-hybridized carbons (Fsp3) is 0.471. The van der Waals surface area contributed by atoms with E-state index in [9.17, 15) is 4.79 Å². The van der Waals surface area contributed by atoms with E-state index in [4.69, 9.17) is 0 Å². The van der Waals surface area contributed by atoms with Gasteiger partial charge in [0.2, 0.25) is 0 Å². The number of amides is 2. The minimum atomic E-state index is -0.0356. The Balaban J connectivity index is 2.04. The third-order valence-corrected chi connectivity index (χ3v) is 4.27. The predicted octanol–water partition coefficient (Wildman–Crippen LogP) is 3.16. The Morgan fingerprint density at radius 2 is 1.91 bits per heavy atom. The molecule has 6 heteroatoms. The van der Waals surface area contributed by atoms with Gasteiger partial charge < -0.3 is 10.2 Å². The van der Waals surface area contributed by atoms with E-state index in [0.717, 1.165) is 24.1 Å². The molecule has 23 heavy (non-hydrogen) atoms. The summed E-state index contributed by atoms with van der Waals surface area (Å²) in [6.07, 6.45) is 5.05. The summed E-state index contributed by atoms with van der Waals surface area (Å²) in [5, 5.41) is 7.17. The highest BCUT2D eigenvalue weighted by Crippen LogP contribution is 2.20. The molecule has 0 spiro atoms. The summed E-state index contributed by atoms with van der Waals surface area (Å²) in [5.74, 6) is 0. The highest BCUT2D eigenvalue weighted by atomic mass is 16.2. The lowest BCUT2D eigenvalue weighted by Gasteiger charge is -2.28. The summed E-state index contributed by atoms with van der Waals surface area (Å²) in [5.41, 5.74) is 2.03. The van der Waals surface area contributed by atoms with Crippen molar-refractivity contribution in [3.05, 3.63) is 42.5 Å². The van der Waals surface area contributed by atoms with Crippen LogP contribution in [0.3, 0.4) is 0 Å². The number of urea groups is 1. The maximum atomic E-state index is 12.3. The number of hydrogen-bond acceptors (Lipinski definition) is 3. The van der Waals surface area contributed by atoms with Crippen molar-refractivity contribution in [2.45, 2.75) is 45.7 Å². The summed E-state index contributed by atoms with van der Waals surface area (Å²) in [4.78, 5) is 18.0. The summed E-state index contributed by atoms with van der Waals surface area (Å²) >= 11 is 0. The molecule has 2 amide bonds. The van der Waals surface area contributed by atoms with Crippen LogP contribution in [-0.2, 0) is 0 Å². The third-order valence-electron chi connectivity index (χ3n) is 4.27. The molecule has 0 bridgehead atoms. The molecule has 0 aliphatic heterocycles. The van der Waals surface area contributed by atoms with E-state index in [2.05, 4.69) is 29.2 Å². The van der Waals surface area contributed by atoms with E-state index < -0.39 is 0 Å². The van der Waals surface area contributed by atoms with E-state index in [1.165, 1.54) is 6.33 Å². The molecule has 6 nitrogen and oxygen atoms in total. The second-order valence-electron chi connectivity index (χ2n) is 5.68. The Morgan fingerprint density at radius 1 is 1.26 bits per heavy atom. The first-order valence-electron chi connectivity index (χ1n) is 8.05. The molecule has 1 heterocycles. The van der Waals surface area contributed by atoms with E-state index in [-0.39, 0.29) is 18.1 Å². The number of aromatic nitrogens is 3. The Labute approximate surface area is 137 Å². The van der Waals surface area contributed by atoms with Crippen molar-refractivity contribution in [3.63, 3.8) is 0 Å². The van der Waals surface area contributed by atoms with Gasteiger partial charge in [-0.15, -0.1) is 0 Å². The number of nitrogens with zero attached hydrogens (tertiary/aromatic N) is 4. The van der Waals surface area contributed by atoms with Crippen LogP contribution in [0.1, 0.15) is 45.2 Å². The average molecular weight is 315 g/mol. The number of nitrogens with one attached hydrogen (secondary N) is 1. The first kappa shape index (κ1) is 17.0. The molecule has 0 aliphatic rings. The lowest BCUT2D eigenvalue weighted by atomic mass is 10.1. The average Bonchev–Trinajstić information content (AvgIpc) is 3.12. The molecule has 0 saturated carbocycles. The maximum Gasteiger partial charge on any atom is 0.317 e. The van der Waals surface area contributed by atoms with E-state index in [0.29, 0.717) is 0 Å². The van der Waals surface area contributed by atoms with Crippen LogP contribution in [0.4, 0.5) is 4.79 Å². The van der Waals surface area contributed by atoms with Crippen molar-refractivity contribution in [1.29, 1.82) is 0 Å². The van der Waals surface area contributed by atoms with Gasteiger partial charge in [-0.25, -0.2) is 14.5 Å². The van der Waals surface area contributed by atoms with Crippen LogP contribution in [-0.4, -0.2) is 38.8 Å².